The van der Waals surface area contributed by atoms with Crippen LogP contribution in [-0.2, 0) is 4.79 Å². The lowest BCUT2D eigenvalue weighted by Crippen LogP contribution is -2.30. The van der Waals surface area contributed by atoms with E-state index in [0.717, 1.165) is 48.0 Å². The normalized spacial score (nSPS) is 18.0. The Morgan fingerprint density at radius 1 is 1.38 bits per heavy atom. The molecule has 24 heavy (non-hydrogen) atoms. The van der Waals surface area contributed by atoms with Gasteiger partial charge in [-0.2, -0.15) is 0 Å². The first-order valence-electron chi connectivity index (χ1n) is 8.29. The maximum absolute atomic E-state index is 11.8. The van der Waals surface area contributed by atoms with Gasteiger partial charge in [-0.1, -0.05) is 23.7 Å². The van der Waals surface area contributed by atoms with E-state index < -0.39 is 0 Å². The average Bonchev–Trinajstić information content (AvgIpc) is 3.22. The van der Waals surface area contributed by atoms with Gasteiger partial charge in [0.25, 0.3) is 0 Å². The number of rotatable bonds is 5. The van der Waals surface area contributed by atoms with E-state index in [0.29, 0.717) is 6.42 Å². The minimum Gasteiger partial charge on any atom is -0.349 e. The van der Waals surface area contributed by atoms with Crippen LogP contribution in [0.4, 0.5) is 0 Å². The summed E-state index contributed by atoms with van der Waals surface area (Å²) in [6.07, 6.45) is 4.63. The number of hydrogen-bond donors (Lipinski definition) is 1. The molecule has 1 fully saturated rings. The molecule has 2 heterocycles. The number of carbonyl (C=O) groups is 1. The van der Waals surface area contributed by atoms with Gasteiger partial charge in [0.15, 0.2) is 0 Å². The number of aromatic nitrogens is 2. The molecule has 1 aliphatic heterocycles. The predicted octanol–water partition coefficient (Wildman–Crippen LogP) is 3.35. The minimum atomic E-state index is 0.168. The van der Waals surface area contributed by atoms with Crippen LogP contribution in [0.1, 0.15) is 31.1 Å². The molecule has 1 N–H and O–H groups in total. The van der Waals surface area contributed by atoms with E-state index in [9.17, 15) is 4.79 Å². The fourth-order valence-corrected chi connectivity index (χ4v) is 3.27. The van der Waals surface area contributed by atoms with Crippen LogP contribution in [0.5, 0.6) is 0 Å². The molecule has 128 valence electrons. The molecule has 1 aliphatic rings. The highest BCUT2D eigenvalue weighted by Gasteiger charge is 2.28. The van der Waals surface area contributed by atoms with Crippen molar-refractivity contribution in [2.75, 3.05) is 27.2 Å². The van der Waals surface area contributed by atoms with E-state index in [2.05, 4.69) is 14.9 Å². The van der Waals surface area contributed by atoms with Crippen LogP contribution in [0, 0.1) is 0 Å². The summed E-state index contributed by atoms with van der Waals surface area (Å²) in [6.45, 7) is 1.79. The number of H-pyrrole nitrogens is 1. The number of nitrogens with zero attached hydrogens (tertiary/aromatic N) is 3. The Morgan fingerprint density at radius 3 is 2.83 bits per heavy atom. The van der Waals surface area contributed by atoms with E-state index in [1.54, 1.807) is 19.0 Å². The quantitative estimate of drug-likeness (QED) is 0.903. The summed E-state index contributed by atoms with van der Waals surface area (Å²) in [5.41, 5.74) is 2.07. The van der Waals surface area contributed by atoms with Crippen LogP contribution in [0.15, 0.2) is 30.5 Å². The van der Waals surface area contributed by atoms with Crippen molar-refractivity contribution in [2.24, 2.45) is 0 Å². The monoisotopic (exact) mass is 346 g/mol. The van der Waals surface area contributed by atoms with Gasteiger partial charge in [-0.3, -0.25) is 9.69 Å². The van der Waals surface area contributed by atoms with Gasteiger partial charge < -0.3 is 9.88 Å². The van der Waals surface area contributed by atoms with Crippen molar-refractivity contribution in [2.45, 2.75) is 25.3 Å². The van der Waals surface area contributed by atoms with Gasteiger partial charge >= 0.3 is 0 Å². The van der Waals surface area contributed by atoms with E-state index in [-0.39, 0.29) is 11.9 Å². The highest BCUT2D eigenvalue weighted by molar-refractivity contribution is 6.30. The molecule has 5 nitrogen and oxygen atoms in total. The smallest absolute Gasteiger partial charge is 0.223 e. The zero-order valence-electron chi connectivity index (χ0n) is 14.1. The molecule has 0 spiro atoms. The molecule has 2 aromatic rings. The largest absolute Gasteiger partial charge is 0.349 e. The van der Waals surface area contributed by atoms with Crippen LogP contribution in [0.3, 0.4) is 0 Å². The second-order valence-corrected chi connectivity index (χ2v) is 6.86. The number of nitrogens with one attached hydrogen (secondary N) is 1. The predicted molar refractivity (Wildman–Crippen MR) is 95.9 cm³/mol. The molecule has 0 bridgehead atoms. The fraction of sp³-hybridized carbons (Fsp3) is 0.444. The number of amides is 1. The number of hydrogen-bond acceptors (Lipinski definition) is 3. The Hall–Kier alpha value is -1.85. The van der Waals surface area contributed by atoms with Gasteiger partial charge in [0.2, 0.25) is 5.91 Å². The molecule has 0 saturated carbocycles. The topological polar surface area (TPSA) is 52.2 Å². The summed E-state index contributed by atoms with van der Waals surface area (Å²) < 4.78 is 0. The lowest BCUT2D eigenvalue weighted by Gasteiger charge is -2.23. The minimum absolute atomic E-state index is 0.168. The SMILES string of the molecule is CN(C)C(=O)CCN1CCC[C@@H]1c1ncc(-c2ccc(Cl)cc2)[nH]1. The molecule has 1 saturated heterocycles. The number of carbonyl (C=O) groups excluding carboxylic acids is 1. The standard InChI is InChI=1S/C18H23ClN4O/c1-22(2)17(24)9-11-23-10-3-4-16(23)18-20-12-15(21-18)13-5-7-14(19)8-6-13/h5-8,12,16H,3-4,9-11H2,1-2H3,(H,20,21)/t16-/m1/s1. The molecule has 1 aromatic carbocycles. The molecule has 3 rings (SSSR count). The van der Waals surface area contributed by atoms with Crippen molar-refractivity contribution >= 4 is 17.5 Å². The molecule has 0 unspecified atom stereocenters. The zero-order chi connectivity index (χ0) is 17.1. The first-order valence-corrected chi connectivity index (χ1v) is 8.67. The summed E-state index contributed by atoms with van der Waals surface area (Å²) in [5, 5.41) is 0.728. The second-order valence-electron chi connectivity index (χ2n) is 6.42. The Bertz CT molecular complexity index is 695. The summed E-state index contributed by atoms with van der Waals surface area (Å²) in [5.74, 6) is 1.15. The maximum Gasteiger partial charge on any atom is 0.223 e. The van der Waals surface area contributed by atoms with Crippen LogP contribution in [-0.4, -0.2) is 52.9 Å². The van der Waals surface area contributed by atoms with Crippen LogP contribution in [0.25, 0.3) is 11.3 Å². The van der Waals surface area contributed by atoms with Crippen molar-refractivity contribution in [3.63, 3.8) is 0 Å². The highest BCUT2D eigenvalue weighted by atomic mass is 35.5. The van der Waals surface area contributed by atoms with E-state index in [1.807, 2.05) is 30.5 Å². The van der Waals surface area contributed by atoms with E-state index >= 15 is 0 Å². The van der Waals surface area contributed by atoms with Gasteiger partial charge in [-0.05, 0) is 37.1 Å². The Morgan fingerprint density at radius 2 is 2.12 bits per heavy atom. The molecular formula is C18H23ClN4O. The van der Waals surface area contributed by atoms with Gasteiger partial charge in [-0.25, -0.2) is 4.98 Å². The van der Waals surface area contributed by atoms with E-state index in [4.69, 9.17) is 11.6 Å². The number of aromatic amines is 1. The first-order chi connectivity index (χ1) is 11.5. The number of halogens is 1. The molecule has 0 radical (unpaired) electrons. The second kappa shape index (κ2) is 7.36. The third-order valence-electron chi connectivity index (χ3n) is 4.54. The molecule has 0 aliphatic carbocycles. The summed E-state index contributed by atoms with van der Waals surface area (Å²) in [4.78, 5) is 23.9. The molecule has 1 atom stereocenters. The van der Waals surface area contributed by atoms with E-state index in [1.165, 1.54) is 0 Å². The van der Waals surface area contributed by atoms with Crippen LogP contribution in [0.2, 0.25) is 5.02 Å². The van der Waals surface area contributed by atoms with Gasteiger partial charge in [0.1, 0.15) is 5.82 Å². The van der Waals surface area contributed by atoms with Gasteiger partial charge in [0, 0.05) is 32.1 Å². The first kappa shape index (κ1) is 17.0. The Labute approximate surface area is 147 Å². The third kappa shape index (κ3) is 3.79. The number of likely N-dealkylation sites (tertiary alicyclic amines) is 1. The van der Waals surface area contributed by atoms with Crippen molar-refractivity contribution in [3.8, 4) is 11.3 Å². The van der Waals surface area contributed by atoms with Gasteiger partial charge in [-0.15, -0.1) is 0 Å². The molecule has 1 amide bonds. The Balaban J connectivity index is 1.69. The summed E-state index contributed by atoms with van der Waals surface area (Å²) in [7, 11) is 3.60. The van der Waals surface area contributed by atoms with Gasteiger partial charge in [0.05, 0.1) is 17.9 Å². The average molecular weight is 347 g/mol. The highest BCUT2D eigenvalue weighted by Crippen LogP contribution is 2.31. The zero-order valence-corrected chi connectivity index (χ0v) is 14.9. The van der Waals surface area contributed by atoms with Crippen LogP contribution < -0.4 is 0 Å². The number of benzene rings is 1. The molecule has 1 aromatic heterocycles. The maximum atomic E-state index is 11.8. The lowest BCUT2D eigenvalue weighted by molar-refractivity contribution is -0.129. The number of imidazole rings is 1. The Kier molecular flexibility index (Phi) is 5.21. The van der Waals surface area contributed by atoms with Crippen molar-refractivity contribution < 1.29 is 4.79 Å². The summed E-state index contributed by atoms with van der Waals surface area (Å²) >= 11 is 5.95. The lowest BCUT2D eigenvalue weighted by atomic mass is 10.2. The van der Waals surface area contributed by atoms with Crippen LogP contribution >= 0.6 is 11.6 Å². The third-order valence-corrected chi connectivity index (χ3v) is 4.79. The fourth-order valence-electron chi connectivity index (χ4n) is 3.15. The molecule has 6 heteroatoms. The van der Waals surface area contributed by atoms with Crippen molar-refractivity contribution in [3.05, 3.63) is 41.3 Å². The molecular weight excluding hydrogens is 324 g/mol. The summed E-state index contributed by atoms with van der Waals surface area (Å²) in [6, 6.07) is 8.00. The van der Waals surface area contributed by atoms with Crippen molar-refractivity contribution in [1.82, 2.24) is 19.8 Å². The van der Waals surface area contributed by atoms with Crippen molar-refractivity contribution in [1.29, 1.82) is 0 Å².